The Balaban J connectivity index is 1.97. The van der Waals surface area contributed by atoms with Gasteiger partial charge in [-0.05, 0) is 50.6 Å². The molecule has 2 aromatic rings. The van der Waals surface area contributed by atoms with Crippen LogP contribution >= 0.6 is 0 Å². The molecule has 0 unspecified atom stereocenters. The third-order valence-electron chi connectivity index (χ3n) is 4.13. The van der Waals surface area contributed by atoms with Gasteiger partial charge in [0.2, 0.25) is 0 Å². The second kappa shape index (κ2) is 6.29. The minimum absolute atomic E-state index is 0.252. The first-order valence-electron chi connectivity index (χ1n) is 7.46. The maximum absolute atomic E-state index is 13.6. The smallest absolute Gasteiger partial charge is 0.252 e. The van der Waals surface area contributed by atoms with E-state index in [9.17, 15) is 9.18 Å². The molecule has 1 aliphatic heterocycles. The molecule has 4 nitrogen and oxygen atoms in total. The van der Waals surface area contributed by atoms with Crippen LogP contribution in [0.2, 0.25) is 0 Å². The summed E-state index contributed by atoms with van der Waals surface area (Å²) in [6.07, 6.45) is 4.41. The Morgan fingerprint density at radius 3 is 2.68 bits per heavy atom. The Hall–Kier alpha value is -2.19. The van der Waals surface area contributed by atoms with Crippen molar-refractivity contribution in [3.63, 3.8) is 0 Å². The zero-order chi connectivity index (χ0) is 15.5. The maximum atomic E-state index is 13.6. The Bertz CT molecular complexity index is 785. The van der Waals surface area contributed by atoms with Crippen molar-refractivity contribution in [3.8, 4) is 6.07 Å². The average Bonchev–Trinajstić information content (AvgIpc) is 2.54. The van der Waals surface area contributed by atoms with E-state index in [4.69, 9.17) is 5.26 Å². The summed E-state index contributed by atoms with van der Waals surface area (Å²) < 4.78 is 15.1. The van der Waals surface area contributed by atoms with Gasteiger partial charge in [0, 0.05) is 24.5 Å². The predicted octanol–water partition coefficient (Wildman–Crippen LogP) is 2.31. The third kappa shape index (κ3) is 2.88. The molecule has 0 amide bonds. The molecule has 113 valence electrons. The second-order valence-corrected chi connectivity index (χ2v) is 5.53. The molecule has 0 bridgehead atoms. The van der Waals surface area contributed by atoms with Crippen LogP contribution in [0.3, 0.4) is 0 Å². The Labute approximate surface area is 128 Å². The molecule has 2 heterocycles. The van der Waals surface area contributed by atoms with Crippen LogP contribution in [0.5, 0.6) is 0 Å². The van der Waals surface area contributed by atoms with E-state index < -0.39 is 5.82 Å². The standard InChI is InChI=1S/C17H17FN3O/c18-14-4-5-15-13(12-19)10-17(22)21(16(15)11-14)9-8-20-6-2-1-3-7-20/h1,4-5,10-11H,2-3,6-9H2. The lowest BCUT2D eigenvalue weighted by Crippen LogP contribution is -2.35. The number of fused-ring (bicyclic) bond motifs is 1. The molecule has 0 N–H and O–H groups in total. The number of hydrogen-bond acceptors (Lipinski definition) is 3. The van der Waals surface area contributed by atoms with Gasteiger partial charge in [0.1, 0.15) is 11.9 Å². The third-order valence-corrected chi connectivity index (χ3v) is 4.13. The fourth-order valence-electron chi connectivity index (χ4n) is 2.95. The molecule has 1 aromatic carbocycles. The highest BCUT2D eigenvalue weighted by molar-refractivity contribution is 5.84. The second-order valence-electron chi connectivity index (χ2n) is 5.53. The van der Waals surface area contributed by atoms with Crippen molar-refractivity contribution in [1.82, 2.24) is 9.47 Å². The Morgan fingerprint density at radius 2 is 1.95 bits per heavy atom. The zero-order valence-electron chi connectivity index (χ0n) is 12.3. The van der Waals surface area contributed by atoms with E-state index in [1.165, 1.54) is 18.2 Å². The number of nitriles is 1. The fraction of sp³-hybridized carbons (Fsp3) is 0.353. The van der Waals surface area contributed by atoms with Crippen molar-refractivity contribution in [2.75, 3.05) is 19.6 Å². The number of aromatic nitrogens is 1. The molecule has 1 saturated heterocycles. The van der Waals surface area contributed by atoms with Gasteiger partial charge >= 0.3 is 0 Å². The summed E-state index contributed by atoms with van der Waals surface area (Å²) in [6.45, 7) is 3.25. The van der Waals surface area contributed by atoms with E-state index in [1.807, 2.05) is 6.07 Å². The van der Waals surface area contributed by atoms with Gasteiger partial charge in [-0.1, -0.05) is 0 Å². The van der Waals surface area contributed by atoms with Crippen LogP contribution in [0.15, 0.2) is 29.1 Å². The minimum atomic E-state index is -0.400. The van der Waals surface area contributed by atoms with Crippen LogP contribution in [0, 0.1) is 23.6 Å². The van der Waals surface area contributed by atoms with Crippen LogP contribution in [0.25, 0.3) is 10.9 Å². The summed E-state index contributed by atoms with van der Waals surface area (Å²) in [5, 5.41) is 9.77. The Morgan fingerprint density at radius 1 is 1.18 bits per heavy atom. The number of pyridine rings is 1. The van der Waals surface area contributed by atoms with Gasteiger partial charge in [-0.2, -0.15) is 5.26 Å². The number of rotatable bonds is 3. The molecule has 1 aromatic heterocycles. The number of piperidine rings is 1. The topological polar surface area (TPSA) is 49.0 Å². The first-order valence-corrected chi connectivity index (χ1v) is 7.46. The summed E-state index contributed by atoms with van der Waals surface area (Å²) in [5.74, 6) is -0.400. The highest BCUT2D eigenvalue weighted by atomic mass is 19.1. The quantitative estimate of drug-likeness (QED) is 0.873. The zero-order valence-corrected chi connectivity index (χ0v) is 12.3. The Kier molecular flexibility index (Phi) is 4.21. The number of halogens is 1. The summed E-state index contributed by atoms with van der Waals surface area (Å²) in [7, 11) is 0. The van der Waals surface area contributed by atoms with Gasteiger partial charge in [-0.25, -0.2) is 4.39 Å². The van der Waals surface area contributed by atoms with Crippen LogP contribution in [-0.4, -0.2) is 29.1 Å². The molecular formula is C17H17FN3O. The van der Waals surface area contributed by atoms with Crippen LogP contribution < -0.4 is 5.56 Å². The van der Waals surface area contributed by atoms with E-state index in [1.54, 1.807) is 10.6 Å². The van der Waals surface area contributed by atoms with Crippen molar-refractivity contribution < 1.29 is 4.39 Å². The van der Waals surface area contributed by atoms with E-state index in [0.717, 1.165) is 32.5 Å². The summed E-state index contributed by atoms with van der Waals surface area (Å²) >= 11 is 0. The predicted molar refractivity (Wildman–Crippen MR) is 82.9 cm³/mol. The van der Waals surface area contributed by atoms with Crippen molar-refractivity contribution in [1.29, 1.82) is 5.26 Å². The minimum Gasteiger partial charge on any atom is -0.307 e. The molecule has 3 rings (SSSR count). The van der Waals surface area contributed by atoms with Crippen molar-refractivity contribution >= 4 is 10.9 Å². The highest BCUT2D eigenvalue weighted by Crippen LogP contribution is 2.18. The molecule has 0 saturated carbocycles. The summed E-state index contributed by atoms with van der Waals surface area (Å²) in [4.78, 5) is 14.6. The number of benzene rings is 1. The van der Waals surface area contributed by atoms with Crippen molar-refractivity contribution in [2.45, 2.75) is 19.4 Å². The molecule has 0 spiro atoms. The first-order chi connectivity index (χ1) is 10.7. The summed E-state index contributed by atoms with van der Waals surface area (Å²) in [5.41, 5.74) is 0.537. The van der Waals surface area contributed by atoms with E-state index >= 15 is 0 Å². The van der Waals surface area contributed by atoms with E-state index in [-0.39, 0.29) is 5.56 Å². The van der Waals surface area contributed by atoms with Gasteiger partial charge in [-0.3, -0.25) is 4.79 Å². The van der Waals surface area contributed by atoms with Gasteiger partial charge in [0.15, 0.2) is 0 Å². The number of likely N-dealkylation sites (tertiary alicyclic amines) is 1. The lowest BCUT2D eigenvalue weighted by molar-refractivity contribution is 0.244. The van der Waals surface area contributed by atoms with Crippen molar-refractivity contribution in [2.24, 2.45) is 0 Å². The lowest BCUT2D eigenvalue weighted by atomic mass is 10.1. The van der Waals surface area contributed by atoms with Crippen molar-refractivity contribution in [3.05, 3.63) is 52.4 Å². The average molecular weight is 298 g/mol. The number of nitrogens with zero attached hydrogens (tertiary/aromatic N) is 3. The molecule has 1 aliphatic rings. The largest absolute Gasteiger partial charge is 0.307 e. The van der Waals surface area contributed by atoms with Gasteiger partial charge in [0.05, 0.1) is 11.1 Å². The molecule has 1 fully saturated rings. The monoisotopic (exact) mass is 298 g/mol. The molecule has 0 atom stereocenters. The molecular weight excluding hydrogens is 281 g/mol. The maximum Gasteiger partial charge on any atom is 0.252 e. The molecule has 1 radical (unpaired) electrons. The lowest BCUT2D eigenvalue weighted by Gasteiger charge is -2.26. The number of hydrogen-bond donors (Lipinski definition) is 0. The van der Waals surface area contributed by atoms with E-state index in [0.29, 0.717) is 23.0 Å². The van der Waals surface area contributed by atoms with Gasteiger partial charge < -0.3 is 9.47 Å². The SMILES string of the molecule is N#Cc1cc(=O)n(CCN2CC[CH]CC2)c2cc(F)ccc12. The van der Waals surface area contributed by atoms with Crippen LogP contribution in [0.1, 0.15) is 18.4 Å². The molecule has 0 aliphatic carbocycles. The highest BCUT2D eigenvalue weighted by Gasteiger charge is 2.13. The van der Waals surface area contributed by atoms with E-state index in [2.05, 4.69) is 11.3 Å². The van der Waals surface area contributed by atoms with Gasteiger partial charge in [-0.15, -0.1) is 0 Å². The normalized spacial score (nSPS) is 15.8. The first kappa shape index (κ1) is 14.7. The van der Waals surface area contributed by atoms with Crippen LogP contribution in [-0.2, 0) is 6.54 Å². The fourth-order valence-corrected chi connectivity index (χ4v) is 2.95. The molecule has 5 heteroatoms. The van der Waals surface area contributed by atoms with Crippen LogP contribution in [0.4, 0.5) is 4.39 Å². The summed E-state index contributed by atoms with van der Waals surface area (Å²) in [6, 6.07) is 7.57. The van der Waals surface area contributed by atoms with Gasteiger partial charge in [0.25, 0.3) is 5.56 Å². The molecule has 22 heavy (non-hydrogen) atoms.